The molecule has 1 amide bonds. The molecule has 2 aliphatic rings. The lowest BCUT2D eigenvalue weighted by atomic mass is 10.0. The van der Waals surface area contributed by atoms with Gasteiger partial charge in [-0.05, 0) is 35.9 Å². The predicted octanol–water partition coefficient (Wildman–Crippen LogP) is 4.28. The molecule has 7 heteroatoms. The first-order valence-corrected chi connectivity index (χ1v) is 9.65. The van der Waals surface area contributed by atoms with Crippen molar-refractivity contribution in [2.75, 3.05) is 5.73 Å². The highest BCUT2D eigenvalue weighted by Crippen LogP contribution is 2.30. The topological polar surface area (TPSA) is 84.2 Å². The molecule has 0 atom stereocenters. The van der Waals surface area contributed by atoms with Gasteiger partial charge in [0.15, 0.2) is 5.84 Å². The normalized spacial score (nSPS) is 16.8. The van der Waals surface area contributed by atoms with Crippen LogP contribution in [0.4, 0.5) is 10.1 Å². The highest BCUT2D eigenvalue weighted by atomic mass is 19.1. The maximum absolute atomic E-state index is 14.6. The average Bonchev–Trinajstić information content (AvgIpc) is 3.40. The summed E-state index contributed by atoms with van der Waals surface area (Å²) in [4.78, 5) is 23.7. The molecule has 2 N–H and O–H groups in total. The van der Waals surface area contributed by atoms with Gasteiger partial charge in [-0.1, -0.05) is 30.3 Å². The lowest BCUT2D eigenvalue weighted by Crippen LogP contribution is -2.36. The van der Waals surface area contributed by atoms with Crippen LogP contribution in [0, 0.1) is 5.82 Å². The minimum Gasteiger partial charge on any atom is -0.465 e. The fourth-order valence-corrected chi connectivity index (χ4v) is 3.48. The highest BCUT2D eigenvalue weighted by Gasteiger charge is 2.35. The van der Waals surface area contributed by atoms with Crippen molar-refractivity contribution in [1.29, 1.82) is 0 Å². The van der Waals surface area contributed by atoms with Gasteiger partial charge >= 0.3 is 0 Å². The molecule has 1 aromatic heterocycles. The van der Waals surface area contributed by atoms with Gasteiger partial charge in [-0.3, -0.25) is 9.69 Å². The van der Waals surface area contributed by atoms with Crippen LogP contribution in [0.25, 0.3) is 11.8 Å². The minimum absolute atomic E-state index is 0.219. The number of furan rings is 1. The number of nitrogen functional groups attached to an aromatic ring is 1. The zero-order valence-corrected chi connectivity index (χ0v) is 16.3. The van der Waals surface area contributed by atoms with Crippen LogP contribution >= 0.6 is 0 Å². The summed E-state index contributed by atoms with van der Waals surface area (Å²) in [5.74, 6) is 0.121. The number of benzene rings is 2. The molecule has 6 nitrogen and oxygen atoms in total. The second-order valence-corrected chi connectivity index (χ2v) is 7.13. The number of aliphatic imine (C=N–C) groups is 2. The van der Waals surface area contributed by atoms with E-state index in [1.54, 1.807) is 18.2 Å². The average molecular weight is 412 g/mol. The number of rotatable bonds is 4. The fourth-order valence-electron chi connectivity index (χ4n) is 3.48. The van der Waals surface area contributed by atoms with Gasteiger partial charge in [0, 0.05) is 29.9 Å². The van der Waals surface area contributed by atoms with Crippen LogP contribution in [0.1, 0.15) is 16.9 Å². The van der Waals surface area contributed by atoms with Gasteiger partial charge in [0.1, 0.15) is 17.3 Å². The molecule has 0 bridgehead atoms. The molecule has 3 aromatic rings. The van der Waals surface area contributed by atoms with Gasteiger partial charge in [0.25, 0.3) is 5.91 Å². The summed E-state index contributed by atoms with van der Waals surface area (Å²) < 4.78 is 19.9. The molecule has 31 heavy (non-hydrogen) atoms. The van der Waals surface area contributed by atoms with Crippen LogP contribution in [0.2, 0.25) is 0 Å². The molecule has 0 radical (unpaired) electrons. The quantitative estimate of drug-likeness (QED) is 0.513. The Bertz CT molecular complexity index is 1290. The van der Waals surface area contributed by atoms with Crippen molar-refractivity contribution in [1.82, 2.24) is 4.90 Å². The lowest BCUT2D eigenvalue weighted by Gasteiger charge is -2.22. The second-order valence-electron chi connectivity index (χ2n) is 7.13. The van der Waals surface area contributed by atoms with Crippen LogP contribution in [0.15, 0.2) is 93.2 Å². The highest BCUT2D eigenvalue weighted by molar-refractivity contribution is 6.48. The Labute approximate surface area is 177 Å². The number of hydrogen-bond donors (Lipinski definition) is 1. The summed E-state index contributed by atoms with van der Waals surface area (Å²) in [6, 6.07) is 17.4. The predicted molar refractivity (Wildman–Crippen MR) is 117 cm³/mol. The number of amidine groups is 1. The van der Waals surface area contributed by atoms with Gasteiger partial charge in [-0.2, -0.15) is 0 Å². The third kappa shape index (κ3) is 3.57. The van der Waals surface area contributed by atoms with E-state index in [1.165, 1.54) is 35.6 Å². The number of fused-ring (bicyclic) bond motifs is 1. The first-order valence-electron chi connectivity index (χ1n) is 9.65. The Hall–Kier alpha value is -4.26. The van der Waals surface area contributed by atoms with Gasteiger partial charge < -0.3 is 10.2 Å². The van der Waals surface area contributed by atoms with Crippen molar-refractivity contribution in [3.8, 4) is 0 Å². The Kier molecular flexibility index (Phi) is 4.55. The van der Waals surface area contributed by atoms with Crippen molar-refractivity contribution in [3.63, 3.8) is 0 Å². The molecule has 0 spiro atoms. The SMILES string of the molecule is Nc1ccc(F)c(C2=CN3C(=O)/C(=C/c4ccco4)N=C3C(Cc3ccccc3)=N2)c1. The molecule has 0 saturated heterocycles. The number of nitrogens with zero attached hydrogens (tertiary/aromatic N) is 3. The van der Waals surface area contributed by atoms with Crippen molar-refractivity contribution < 1.29 is 13.6 Å². The largest absolute Gasteiger partial charge is 0.465 e. The molecule has 0 unspecified atom stereocenters. The van der Waals surface area contributed by atoms with E-state index < -0.39 is 5.82 Å². The van der Waals surface area contributed by atoms with E-state index in [9.17, 15) is 9.18 Å². The van der Waals surface area contributed by atoms with Crippen molar-refractivity contribution in [2.45, 2.75) is 6.42 Å². The lowest BCUT2D eigenvalue weighted by molar-refractivity contribution is -0.120. The van der Waals surface area contributed by atoms with E-state index in [2.05, 4.69) is 9.98 Å². The number of amides is 1. The molecule has 0 fully saturated rings. The van der Waals surface area contributed by atoms with Gasteiger partial charge in [-0.15, -0.1) is 0 Å². The van der Waals surface area contributed by atoms with Crippen LogP contribution in [-0.2, 0) is 11.2 Å². The maximum atomic E-state index is 14.6. The van der Waals surface area contributed by atoms with Crippen molar-refractivity contribution >= 4 is 34.9 Å². The summed E-state index contributed by atoms with van der Waals surface area (Å²) in [5.41, 5.74) is 8.56. The smallest absolute Gasteiger partial charge is 0.282 e. The summed E-state index contributed by atoms with van der Waals surface area (Å²) >= 11 is 0. The molecular weight excluding hydrogens is 395 g/mol. The number of carbonyl (C=O) groups excluding carboxylic acids is 1. The van der Waals surface area contributed by atoms with Gasteiger partial charge in [0.05, 0.1) is 17.7 Å². The number of nitrogens with two attached hydrogens (primary N) is 1. The van der Waals surface area contributed by atoms with Gasteiger partial charge in [0.2, 0.25) is 0 Å². The van der Waals surface area contributed by atoms with E-state index in [4.69, 9.17) is 10.2 Å². The van der Waals surface area contributed by atoms with E-state index >= 15 is 0 Å². The zero-order valence-electron chi connectivity index (χ0n) is 16.3. The Morgan fingerprint density at radius 1 is 1.06 bits per heavy atom. The van der Waals surface area contributed by atoms with E-state index in [1.807, 2.05) is 30.3 Å². The summed E-state index contributed by atoms with van der Waals surface area (Å²) in [6.07, 6.45) is 5.02. The first-order chi connectivity index (χ1) is 15.1. The Morgan fingerprint density at radius 3 is 2.68 bits per heavy atom. The van der Waals surface area contributed by atoms with Crippen LogP contribution in [0.3, 0.4) is 0 Å². The number of hydrogen-bond acceptors (Lipinski definition) is 5. The van der Waals surface area contributed by atoms with E-state index in [0.717, 1.165) is 5.56 Å². The third-order valence-electron chi connectivity index (χ3n) is 4.96. The maximum Gasteiger partial charge on any atom is 0.282 e. The molecule has 152 valence electrons. The van der Waals surface area contributed by atoms with Gasteiger partial charge in [-0.25, -0.2) is 14.4 Å². The minimum atomic E-state index is -0.471. The Balaban J connectivity index is 1.61. The fraction of sp³-hybridized carbons (Fsp3) is 0.0417. The molecular formula is C24H17FN4O2. The molecule has 2 aliphatic heterocycles. The summed E-state index contributed by atoms with van der Waals surface area (Å²) in [5, 5.41) is 0. The Morgan fingerprint density at radius 2 is 1.90 bits per heavy atom. The zero-order chi connectivity index (χ0) is 21.4. The molecule has 0 aliphatic carbocycles. The molecule has 5 rings (SSSR count). The third-order valence-corrected chi connectivity index (χ3v) is 4.96. The summed E-state index contributed by atoms with van der Waals surface area (Å²) in [7, 11) is 0. The second kappa shape index (κ2) is 7.53. The van der Waals surface area contributed by atoms with E-state index in [0.29, 0.717) is 35.1 Å². The van der Waals surface area contributed by atoms with Crippen LogP contribution in [-0.4, -0.2) is 22.4 Å². The van der Waals surface area contributed by atoms with Crippen molar-refractivity contribution in [3.05, 3.63) is 102 Å². The molecule has 3 heterocycles. The van der Waals surface area contributed by atoms with E-state index in [-0.39, 0.29) is 17.2 Å². The first kappa shape index (κ1) is 18.7. The van der Waals surface area contributed by atoms with Crippen LogP contribution in [0.5, 0.6) is 0 Å². The molecule has 2 aromatic carbocycles. The number of carbonyl (C=O) groups is 1. The molecule has 0 saturated carbocycles. The van der Waals surface area contributed by atoms with Crippen molar-refractivity contribution in [2.24, 2.45) is 9.98 Å². The monoisotopic (exact) mass is 412 g/mol. The summed E-state index contributed by atoms with van der Waals surface area (Å²) in [6.45, 7) is 0. The standard InChI is InChI=1S/C24H17FN4O2/c25-19-9-8-16(26)12-18(19)22-14-29-23(20(27-22)11-15-5-2-1-3-6-15)28-21(24(29)30)13-17-7-4-10-31-17/h1-10,12-14H,11,26H2/b21-13-. The number of halogens is 1. The van der Waals surface area contributed by atoms with Crippen LogP contribution < -0.4 is 5.73 Å². The number of anilines is 1.